The van der Waals surface area contributed by atoms with Gasteiger partial charge in [0.1, 0.15) is 0 Å². The summed E-state index contributed by atoms with van der Waals surface area (Å²) in [5.41, 5.74) is 8.63. The molecule has 1 aliphatic heterocycles. The lowest BCUT2D eigenvalue weighted by atomic mass is 10.1. The monoisotopic (exact) mass is 284 g/mol. The lowest BCUT2D eigenvalue weighted by Crippen LogP contribution is -2.33. The van der Waals surface area contributed by atoms with Crippen molar-refractivity contribution in [1.82, 2.24) is 14.5 Å². The number of nitrogens with two attached hydrogens (primary N) is 1. The second-order valence-corrected chi connectivity index (χ2v) is 5.80. The fraction of sp³-hybridized carbons (Fsp3) is 0.471. The third-order valence-electron chi connectivity index (χ3n) is 4.33. The van der Waals surface area contributed by atoms with Gasteiger partial charge in [-0.05, 0) is 31.5 Å². The summed E-state index contributed by atoms with van der Waals surface area (Å²) in [6, 6.07) is 10.1. The summed E-state index contributed by atoms with van der Waals surface area (Å²) < 4.78 is 2.20. The Morgan fingerprint density at radius 3 is 2.57 bits per heavy atom. The molecule has 2 heterocycles. The molecule has 0 bridgehead atoms. The van der Waals surface area contributed by atoms with Gasteiger partial charge < -0.3 is 15.2 Å². The van der Waals surface area contributed by atoms with Crippen LogP contribution in [0.3, 0.4) is 0 Å². The average Bonchev–Trinajstić information content (AvgIpc) is 3.02. The second-order valence-electron chi connectivity index (χ2n) is 5.80. The van der Waals surface area contributed by atoms with Crippen LogP contribution < -0.4 is 5.73 Å². The molecule has 1 fully saturated rings. The maximum absolute atomic E-state index is 6.40. The fourth-order valence-corrected chi connectivity index (χ4v) is 3.04. The molecule has 1 atom stereocenters. The van der Waals surface area contributed by atoms with Crippen molar-refractivity contribution in [3.63, 3.8) is 0 Å². The summed E-state index contributed by atoms with van der Waals surface area (Å²) in [5.74, 6) is 0. The minimum Gasteiger partial charge on any atom is -0.332 e. The Morgan fingerprint density at radius 1 is 1.05 bits per heavy atom. The molecule has 0 radical (unpaired) electrons. The Morgan fingerprint density at radius 2 is 1.81 bits per heavy atom. The SMILES string of the molecule is NC(c1ccccc1)c1cncn1CCN1CCCCC1. The molecule has 0 amide bonds. The van der Waals surface area contributed by atoms with E-state index in [0.717, 1.165) is 24.3 Å². The van der Waals surface area contributed by atoms with E-state index in [1.54, 1.807) is 0 Å². The summed E-state index contributed by atoms with van der Waals surface area (Å²) in [6.45, 7) is 4.52. The van der Waals surface area contributed by atoms with E-state index in [1.165, 1.54) is 32.4 Å². The largest absolute Gasteiger partial charge is 0.332 e. The smallest absolute Gasteiger partial charge is 0.0949 e. The first-order valence-electron chi connectivity index (χ1n) is 7.87. The van der Waals surface area contributed by atoms with E-state index in [9.17, 15) is 0 Å². The van der Waals surface area contributed by atoms with Gasteiger partial charge in [0.2, 0.25) is 0 Å². The summed E-state index contributed by atoms with van der Waals surface area (Å²) >= 11 is 0. The van der Waals surface area contributed by atoms with Crippen molar-refractivity contribution >= 4 is 0 Å². The third-order valence-corrected chi connectivity index (χ3v) is 4.33. The highest BCUT2D eigenvalue weighted by Gasteiger charge is 2.15. The molecule has 2 N–H and O–H groups in total. The van der Waals surface area contributed by atoms with Crippen molar-refractivity contribution in [2.45, 2.75) is 31.8 Å². The molecule has 0 aliphatic carbocycles. The van der Waals surface area contributed by atoms with Crippen LogP contribution in [0.25, 0.3) is 0 Å². The third kappa shape index (κ3) is 3.52. The standard InChI is InChI=1S/C17H24N4/c18-17(15-7-3-1-4-8-15)16-13-19-14-21(16)12-11-20-9-5-2-6-10-20/h1,3-4,7-8,13-14,17H,2,5-6,9-12,18H2. The summed E-state index contributed by atoms with van der Waals surface area (Å²) in [7, 11) is 0. The number of imidazole rings is 1. The van der Waals surface area contributed by atoms with E-state index in [0.29, 0.717) is 0 Å². The number of aromatic nitrogens is 2. The van der Waals surface area contributed by atoms with Crippen LogP contribution in [-0.2, 0) is 6.54 Å². The minimum atomic E-state index is -0.102. The fourth-order valence-electron chi connectivity index (χ4n) is 3.04. The van der Waals surface area contributed by atoms with E-state index in [-0.39, 0.29) is 6.04 Å². The minimum absolute atomic E-state index is 0.102. The summed E-state index contributed by atoms with van der Waals surface area (Å²) in [4.78, 5) is 6.84. The number of hydrogen-bond acceptors (Lipinski definition) is 3. The number of benzene rings is 1. The van der Waals surface area contributed by atoms with E-state index >= 15 is 0 Å². The van der Waals surface area contributed by atoms with Crippen molar-refractivity contribution < 1.29 is 0 Å². The van der Waals surface area contributed by atoms with Crippen LogP contribution in [0.1, 0.15) is 36.6 Å². The van der Waals surface area contributed by atoms with Gasteiger partial charge in [0, 0.05) is 13.1 Å². The lowest BCUT2D eigenvalue weighted by molar-refractivity contribution is 0.220. The highest BCUT2D eigenvalue weighted by molar-refractivity contribution is 5.26. The predicted molar refractivity (Wildman–Crippen MR) is 85.0 cm³/mol. The van der Waals surface area contributed by atoms with Crippen LogP contribution in [0.2, 0.25) is 0 Å². The van der Waals surface area contributed by atoms with Crippen LogP contribution in [0, 0.1) is 0 Å². The second kappa shape index (κ2) is 6.87. The molecule has 1 aromatic heterocycles. The van der Waals surface area contributed by atoms with Crippen molar-refractivity contribution in [2.75, 3.05) is 19.6 Å². The van der Waals surface area contributed by atoms with E-state index in [4.69, 9.17) is 5.73 Å². The maximum Gasteiger partial charge on any atom is 0.0949 e. The normalized spacial score (nSPS) is 17.8. The van der Waals surface area contributed by atoms with Crippen LogP contribution in [0.5, 0.6) is 0 Å². The molecule has 2 aromatic rings. The predicted octanol–water partition coefficient (Wildman–Crippen LogP) is 2.42. The highest BCUT2D eigenvalue weighted by atomic mass is 15.2. The van der Waals surface area contributed by atoms with E-state index in [1.807, 2.05) is 30.7 Å². The first-order valence-corrected chi connectivity index (χ1v) is 7.87. The zero-order chi connectivity index (χ0) is 14.5. The molecule has 1 aromatic carbocycles. The van der Waals surface area contributed by atoms with Crippen LogP contribution in [0.15, 0.2) is 42.9 Å². The molecule has 112 valence electrons. The zero-order valence-electron chi connectivity index (χ0n) is 12.5. The van der Waals surface area contributed by atoms with Gasteiger partial charge in [-0.3, -0.25) is 0 Å². The zero-order valence-corrected chi connectivity index (χ0v) is 12.5. The molecule has 3 rings (SSSR count). The molecular weight excluding hydrogens is 260 g/mol. The van der Waals surface area contributed by atoms with Crippen molar-refractivity contribution in [2.24, 2.45) is 5.73 Å². The first kappa shape index (κ1) is 14.3. The van der Waals surface area contributed by atoms with Crippen LogP contribution in [0.4, 0.5) is 0 Å². The summed E-state index contributed by atoms with van der Waals surface area (Å²) in [5, 5.41) is 0. The van der Waals surface area contributed by atoms with Gasteiger partial charge in [-0.15, -0.1) is 0 Å². The quantitative estimate of drug-likeness (QED) is 0.917. The number of likely N-dealkylation sites (tertiary alicyclic amines) is 1. The van der Waals surface area contributed by atoms with Crippen molar-refractivity contribution in [3.05, 3.63) is 54.1 Å². The lowest BCUT2D eigenvalue weighted by Gasteiger charge is -2.27. The molecule has 0 spiro atoms. The van der Waals surface area contributed by atoms with Crippen LogP contribution in [-0.4, -0.2) is 34.1 Å². The average molecular weight is 284 g/mol. The van der Waals surface area contributed by atoms with Crippen molar-refractivity contribution in [1.29, 1.82) is 0 Å². The van der Waals surface area contributed by atoms with Crippen LogP contribution >= 0.6 is 0 Å². The molecular formula is C17H24N4. The number of rotatable bonds is 5. The molecule has 21 heavy (non-hydrogen) atoms. The Bertz CT molecular complexity index is 543. The van der Waals surface area contributed by atoms with Gasteiger partial charge >= 0.3 is 0 Å². The number of hydrogen-bond donors (Lipinski definition) is 1. The molecule has 4 nitrogen and oxygen atoms in total. The van der Waals surface area contributed by atoms with Gasteiger partial charge in [-0.25, -0.2) is 4.98 Å². The first-order chi connectivity index (χ1) is 10.3. The molecule has 1 aliphatic rings. The Kier molecular flexibility index (Phi) is 4.68. The van der Waals surface area contributed by atoms with Gasteiger partial charge in [0.25, 0.3) is 0 Å². The Hall–Kier alpha value is -1.65. The van der Waals surface area contributed by atoms with E-state index in [2.05, 4.69) is 26.6 Å². The Balaban J connectivity index is 1.66. The maximum atomic E-state index is 6.40. The van der Waals surface area contributed by atoms with Gasteiger partial charge in [-0.2, -0.15) is 0 Å². The molecule has 4 heteroatoms. The molecule has 0 saturated carbocycles. The van der Waals surface area contributed by atoms with E-state index < -0.39 is 0 Å². The number of piperidine rings is 1. The highest BCUT2D eigenvalue weighted by Crippen LogP contribution is 2.19. The van der Waals surface area contributed by atoms with Crippen molar-refractivity contribution in [3.8, 4) is 0 Å². The molecule has 1 unspecified atom stereocenters. The van der Waals surface area contributed by atoms with Gasteiger partial charge in [-0.1, -0.05) is 36.8 Å². The van der Waals surface area contributed by atoms with Gasteiger partial charge in [0.15, 0.2) is 0 Å². The van der Waals surface area contributed by atoms with Gasteiger partial charge in [0.05, 0.1) is 24.3 Å². The molecule has 1 saturated heterocycles. The summed E-state index contributed by atoms with van der Waals surface area (Å²) in [6.07, 6.45) is 7.85. The topological polar surface area (TPSA) is 47.1 Å². The Labute approximate surface area is 126 Å². The number of nitrogens with zero attached hydrogens (tertiary/aromatic N) is 3.